The number of aryl methyl sites for hydroxylation is 1. The van der Waals surface area contributed by atoms with Crippen molar-refractivity contribution in [2.75, 3.05) is 6.61 Å². The van der Waals surface area contributed by atoms with Crippen molar-refractivity contribution in [2.45, 2.75) is 13.8 Å². The third kappa shape index (κ3) is 2.18. The average Bonchev–Trinajstić information content (AvgIpc) is 2.67. The minimum atomic E-state index is 0.695. The first-order valence-electron chi connectivity index (χ1n) is 5.05. The Hall–Kier alpha value is -1.77. The molecule has 1 aromatic carbocycles. The summed E-state index contributed by atoms with van der Waals surface area (Å²) in [5.74, 6) is 1.83. The normalized spacial score (nSPS) is 10.3. The van der Waals surface area contributed by atoms with Crippen molar-refractivity contribution in [2.24, 2.45) is 0 Å². The van der Waals surface area contributed by atoms with Crippen LogP contribution in [0.5, 0.6) is 5.75 Å². The van der Waals surface area contributed by atoms with Crippen molar-refractivity contribution in [3.05, 3.63) is 36.3 Å². The summed E-state index contributed by atoms with van der Waals surface area (Å²) in [7, 11) is 0. The predicted molar refractivity (Wildman–Crippen MR) is 59.9 cm³/mol. The van der Waals surface area contributed by atoms with Gasteiger partial charge in [-0.3, -0.25) is 0 Å². The molecule has 0 saturated carbocycles. The molecule has 0 saturated heterocycles. The van der Waals surface area contributed by atoms with E-state index in [-0.39, 0.29) is 0 Å². The topological polar surface area (TPSA) is 37.9 Å². The fraction of sp³-hybridized carbons (Fsp3) is 0.250. The fourth-order valence-corrected chi connectivity index (χ4v) is 1.45. The molecule has 1 heterocycles. The van der Waals surface area contributed by atoms with Crippen molar-refractivity contribution >= 4 is 0 Å². The molecule has 3 heteroatoms. The van der Waals surface area contributed by atoms with E-state index in [4.69, 9.17) is 4.74 Å². The van der Waals surface area contributed by atoms with E-state index in [1.165, 1.54) is 0 Å². The van der Waals surface area contributed by atoms with Crippen LogP contribution in [-0.2, 0) is 0 Å². The highest BCUT2D eigenvalue weighted by Crippen LogP contribution is 2.20. The number of hydrogen-bond acceptors (Lipinski definition) is 2. The van der Waals surface area contributed by atoms with Crippen LogP contribution in [0.15, 0.2) is 30.5 Å². The van der Waals surface area contributed by atoms with Gasteiger partial charge in [-0.2, -0.15) is 0 Å². The molecule has 15 heavy (non-hydrogen) atoms. The quantitative estimate of drug-likeness (QED) is 0.831. The van der Waals surface area contributed by atoms with Gasteiger partial charge in [0.2, 0.25) is 0 Å². The molecule has 1 aromatic heterocycles. The highest BCUT2D eigenvalue weighted by molar-refractivity contribution is 5.59. The number of hydrogen-bond donors (Lipinski definition) is 1. The Morgan fingerprint density at radius 3 is 2.53 bits per heavy atom. The van der Waals surface area contributed by atoms with Crippen LogP contribution in [0.2, 0.25) is 0 Å². The molecule has 78 valence electrons. The third-order valence-electron chi connectivity index (χ3n) is 2.17. The van der Waals surface area contributed by atoms with Gasteiger partial charge in [0, 0.05) is 11.8 Å². The van der Waals surface area contributed by atoms with Crippen molar-refractivity contribution in [3.63, 3.8) is 0 Å². The molecule has 0 atom stereocenters. The van der Waals surface area contributed by atoms with E-state index in [1.807, 2.05) is 44.3 Å². The predicted octanol–water partition coefficient (Wildman–Crippen LogP) is 2.78. The van der Waals surface area contributed by atoms with Gasteiger partial charge in [-0.25, -0.2) is 4.98 Å². The van der Waals surface area contributed by atoms with Gasteiger partial charge in [0.25, 0.3) is 0 Å². The van der Waals surface area contributed by atoms with Gasteiger partial charge < -0.3 is 9.72 Å². The van der Waals surface area contributed by atoms with Crippen LogP contribution in [0.1, 0.15) is 12.7 Å². The van der Waals surface area contributed by atoms with E-state index in [0.717, 1.165) is 22.8 Å². The molecule has 0 spiro atoms. The molecule has 0 amide bonds. The van der Waals surface area contributed by atoms with Gasteiger partial charge in [0.05, 0.1) is 12.3 Å². The monoisotopic (exact) mass is 202 g/mol. The molecule has 0 aliphatic heterocycles. The number of benzene rings is 1. The zero-order valence-corrected chi connectivity index (χ0v) is 8.95. The number of rotatable bonds is 3. The molecule has 3 nitrogen and oxygen atoms in total. The fourth-order valence-electron chi connectivity index (χ4n) is 1.45. The first-order valence-corrected chi connectivity index (χ1v) is 5.05. The molecule has 0 fully saturated rings. The van der Waals surface area contributed by atoms with Gasteiger partial charge in [-0.05, 0) is 38.1 Å². The molecule has 0 bridgehead atoms. The Morgan fingerprint density at radius 1 is 1.27 bits per heavy atom. The summed E-state index contributed by atoms with van der Waals surface area (Å²) in [5.41, 5.74) is 2.07. The SMILES string of the molecule is CCOc1ccc(-c2c[nH]c(C)n2)cc1. The van der Waals surface area contributed by atoms with Gasteiger partial charge >= 0.3 is 0 Å². The zero-order valence-electron chi connectivity index (χ0n) is 8.95. The maximum atomic E-state index is 5.37. The van der Waals surface area contributed by atoms with Crippen LogP contribution in [0.3, 0.4) is 0 Å². The van der Waals surface area contributed by atoms with Crippen molar-refractivity contribution in [3.8, 4) is 17.0 Å². The van der Waals surface area contributed by atoms with Crippen LogP contribution in [0.25, 0.3) is 11.3 Å². The number of imidazole rings is 1. The highest BCUT2D eigenvalue weighted by Gasteiger charge is 2.01. The van der Waals surface area contributed by atoms with Crippen molar-refractivity contribution in [1.82, 2.24) is 9.97 Å². The van der Waals surface area contributed by atoms with E-state index >= 15 is 0 Å². The van der Waals surface area contributed by atoms with E-state index in [1.54, 1.807) is 0 Å². The van der Waals surface area contributed by atoms with E-state index in [9.17, 15) is 0 Å². The van der Waals surface area contributed by atoms with Crippen LogP contribution in [-0.4, -0.2) is 16.6 Å². The van der Waals surface area contributed by atoms with Crippen LogP contribution in [0, 0.1) is 6.92 Å². The second-order valence-electron chi connectivity index (χ2n) is 3.33. The Balaban J connectivity index is 2.23. The smallest absolute Gasteiger partial charge is 0.119 e. The lowest BCUT2D eigenvalue weighted by atomic mass is 10.2. The Bertz CT molecular complexity index is 431. The number of nitrogens with one attached hydrogen (secondary N) is 1. The number of H-pyrrole nitrogens is 1. The summed E-state index contributed by atoms with van der Waals surface area (Å²) in [6, 6.07) is 7.95. The maximum Gasteiger partial charge on any atom is 0.119 e. The largest absolute Gasteiger partial charge is 0.494 e. The third-order valence-corrected chi connectivity index (χ3v) is 2.17. The molecular formula is C12H14N2O. The minimum absolute atomic E-state index is 0.695. The summed E-state index contributed by atoms with van der Waals surface area (Å²) in [6.07, 6.45) is 1.91. The van der Waals surface area contributed by atoms with Crippen molar-refractivity contribution < 1.29 is 4.74 Å². The molecule has 0 unspecified atom stereocenters. The lowest BCUT2D eigenvalue weighted by molar-refractivity contribution is 0.340. The van der Waals surface area contributed by atoms with Gasteiger partial charge in [0.15, 0.2) is 0 Å². The minimum Gasteiger partial charge on any atom is -0.494 e. The van der Waals surface area contributed by atoms with Crippen LogP contribution in [0.4, 0.5) is 0 Å². The highest BCUT2D eigenvalue weighted by atomic mass is 16.5. The molecule has 0 radical (unpaired) electrons. The van der Waals surface area contributed by atoms with Gasteiger partial charge in [0.1, 0.15) is 11.6 Å². The standard InChI is InChI=1S/C12H14N2O/c1-3-15-11-6-4-10(5-7-11)12-8-13-9(2)14-12/h4-8H,3H2,1-2H3,(H,13,14). The van der Waals surface area contributed by atoms with E-state index in [2.05, 4.69) is 9.97 Å². The molecule has 0 aliphatic carbocycles. The number of ether oxygens (including phenoxy) is 1. The Morgan fingerprint density at radius 2 is 2.00 bits per heavy atom. The number of aromatic nitrogens is 2. The number of aromatic amines is 1. The average molecular weight is 202 g/mol. The Labute approximate surface area is 89.1 Å². The second-order valence-corrected chi connectivity index (χ2v) is 3.33. The number of nitrogens with zero attached hydrogens (tertiary/aromatic N) is 1. The Kier molecular flexibility index (Phi) is 2.72. The summed E-state index contributed by atoms with van der Waals surface area (Å²) in [6.45, 7) is 4.61. The molecule has 0 aliphatic rings. The lowest BCUT2D eigenvalue weighted by Crippen LogP contribution is -1.90. The first-order chi connectivity index (χ1) is 7.29. The zero-order chi connectivity index (χ0) is 10.7. The second kappa shape index (κ2) is 4.17. The molecule has 2 rings (SSSR count). The van der Waals surface area contributed by atoms with E-state index < -0.39 is 0 Å². The lowest BCUT2D eigenvalue weighted by Gasteiger charge is -2.02. The van der Waals surface area contributed by atoms with Crippen LogP contribution >= 0.6 is 0 Å². The first kappa shape index (κ1) is 9.77. The van der Waals surface area contributed by atoms with Gasteiger partial charge in [-0.1, -0.05) is 0 Å². The maximum absolute atomic E-state index is 5.37. The van der Waals surface area contributed by atoms with Crippen molar-refractivity contribution in [1.29, 1.82) is 0 Å². The molecular weight excluding hydrogens is 188 g/mol. The summed E-state index contributed by atoms with van der Waals surface area (Å²) in [4.78, 5) is 7.42. The molecule has 2 aromatic rings. The summed E-state index contributed by atoms with van der Waals surface area (Å²) >= 11 is 0. The van der Waals surface area contributed by atoms with E-state index in [0.29, 0.717) is 6.61 Å². The summed E-state index contributed by atoms with van der Waals surface area (Å²) in [5, 5.41) is 0. The van der Waals surface area contributed by atoms with Gasteiger partial charge in [-0.15, -0.1) is 0 Å². The van der Waals surface area contributed by atoms with Crippen LogP contribution < -0.4 is 4.74 Å². The summed E-state index contributed by atoms with van der Waals surface area (Å²) < 4.78 is 5.37. The molecule has 1 N–H and O–H groups in total.